The van der Waals surface area contributed by atoms with Crippen molar-refractivity contribution in [1.82, 2.24) is 9.62 Å². The van der Waals surface area contributed by atoms with Crippen molar-refractivity contribution in [3.05, 3.63) is 64.1 Å². The third-order valence-electron chi connectivity index (χ3n) is 5.89. The van der Waals surface area contributed by atoms with E-state index in [-0.39, 0.29) is 45.9 Å². The van der Waals surface area contributed by atoms with Gasteiger partial charge in [0, 0.05) is 19.0 Å². The lowest BCUT2D eigenvalue weighted by Crippen LogP contribution is -2.44. The van der Waals surface area contributed by atoms with Crippen molar-refractivity contribution in [2.45, 2.75) is 36.6 Å². The summed E-state index contributed by atoms with van der Waals surface area (Å²) in [6.45, 7) is 0.531. The monoisotopic (exact) mass is 466 g/mol. The number of nitrogens with one attached hydrogen (secondary N) is 1. The molecule has 0 radical (unpaired) electrons. The first kappa shape index (κ1) is 21.6. The summed E-state index contributed by atoms with van der Waals surface area (Å²) in [7, 11) is -3.80. The number of rotatable bonds is 6. The second-order valence-electron chi connectivity index (χ2n) is 7.96. The van der Waals surface area contributed by atoms with Gasteiger partial charge in [-0.15, -0.1) is 0 Å². The van der Waals surface area contributed by atoms with Crippen LogP contribution in [0.5, 0.6) is 0 Å². The molecule has 1 N–H and O–H groups in total. The van der Waals surface area contributed by atoms with Gasteiger partial charge in [0.15, 0.2) is 0 Å². The van der Waals surface area contributed by atoms with Gasteiger partial charge in [-0.2, -0.15) is 4.31 Å². The number of amides is 1. The van der Waals surface area contributed by atoms with Crippen LogP contribution < -0.4 is 5.32 Å². The smallest absolute Gasteiger partial charge is 0.246 e. The maximum Gasteiger partial charge on any atom is 0.246 e. The summed E-state index contributed by atoms with van der Waals surface area (Å²) in [4.78, 5) is 12.9. The molecule has 2 aromatic rings. The van der Waals surface area contributed by atoms with Gasteiger partial charge in [-0.3, -0.25) is 4.79 Å². The highest BCUT2D eigenvalue weighted by Gasteiger charge is 2.37. The highest BCUT2D eigenvalue weighted by Crippen LogP contribution is 2.41. The van der Waals surface area contributed by atoms with Crippen LogP contribution in [0, 0.1) is 11.8 Å². The zero-order valence-corrected chi connectivity index (χ0v) is 18.8. The third-order valence-corrected chi connectivity index (χ3v) is 8.75. The quantitative estimate of drug-likeness (QED) is 0.672. The Bertz CT molecular complexity index is 998. The summed E-state index contributed by atoms with van der Waals surface area (Å²) < 4.78 is 27.4. The van der Waals surface area contributed by atoms with Crippen LogP contribution in [-0.4, -0.2) is 31.7 Å². The van der Waals surface area contributed by atoms with Gasteiger partial charge in [-0.25, -0.2) is 8.42 Å². The van der Waals surface area contributed by atoms with E-state index in [9.17, 15) is 13.2 Å². The molecule has 160 valence electrons. The largest absolute Gasteiger partial charge is 0.349 e. The highest BCUT2D eigenvalue weighted by molar-refractivity contribution is 7.89. The molecule has 1 heterocycles. The maximum absolute atomic E-state index is 13.0. The molecular formula is C22H24Cl2N2O3S. The molecule has 2 aromatic carbocycles. The van der Waals surface area contributed by atoms with Gasteiger partial charge in [0.25, 0.3) is 0 Å². The number of benzene rings is 2. The number of sulfonamides is 1. The van der Waals surface area contributed by atoms with Gasteiger partial charge in [0.1, 0.15) is 4.90 Å². The van der Waals surface area contributed by atoms with E-state index in [4.69, 9.17) is 23.2 Å². The lowest BCUT2D eigenvalue weighted by Gasteiger charge is -2.32. The standard InChI is InChI=1S/C22H24Cl2N2O3S/c23-18-7-4-8-19(24)21(18)30(28,29)26-13-11-17(12-14-26)22(27)25-20(16-9-10-16)15-5-2-1-3-6-15/h1-8,16-17,20H,9-14H2,(H,25,27). The van der Waals surface area contributed by atoms with Crippen LogP contribution in [0.3, 0.4) is 0 Å². The zero-order chi connectivity index (χ0) is 21.3. The van der Waals surface area contributed by atoms with E-state index in [0.717, 1.165) is 18.4 Å². The summed E-state index contributed by atoms with van der Waals surface area (Å²) >= 11 is 12.2. The first-order valence-corrected chi connectivity index (χ1v) is 12.4. The van der Waals surface area contributed by atoms with Crippen molar-refractivity contribution in [3.63, 3.8) is 0 Å². The van der Waals surface area contributed by atoms with Crippen molar-refractivity contribution in [1.29, 1.82) is 0 Å². The van der Waals surface area contributed by atoms with Crippen LogP contribution in [0.25, 0.3) is 0 Å². The van der Waals surface area contributed by atoms with Crippen molar-refractivity contribution in [2.75, 3.05) is 13.1 Å². The Morgan fingerprint density at radius 2 is 1.53 bits per heavy atom. The zero-order valence-electron chi connectivity index (χ0n) is 16.4. The molecule has 8 heteroatoms. The van der Waals surface area contributed by atoms with Crippen LogP contribution in [-0.2, 0) is 14.8 Å². The van der Waals surface area contributed by atoms with E-state index < -0.39 is 10.0 Å². The van der Waals surface area contributed by atoms with Crippen molar-refractivity contribution < 1.29 is 13.2 Å². The van der Waals surface area contributed by atoms with Gasteiger partial charge in [0.2, 0.25) is 15.9 Å². The molecule has 0 aromatic heterocycles. The summed E-state index contributed by atoms with van der Waals surface area (Å²) in [5, 5.41) is 3.44. The first-order chi connectivity index (χ1) is 14.4. The average molecular weight is 467 g/mol. The van der Waals surface area contributed by atoms with Crippen molar-refractivity contribution in [2.24, 2.45) is 11.8 Å². The molecule has 5 nitrogen and oxygen atoms in total. The summed E-state index contributed by atoms with van der Waals surface area (Å²) in [5.74, 6) is 0.283. The number of hydrogen-bond acceptors (Lipinski definition) is 3. The van der Waals surface area contributed by atoms with Crippen molar-refractivity contribution in [3.8, 4) is 0 Å². The number of carbonyl (C=O) groups is 1. The molecule has 1 saturated carbocycles. The van der Waals surface area contributed by atoms with E-state index in [0.29, 0.717) is 18.8 Å². The van der Waals surface area contributed by atoms with E-state index in [1.54, 1.807) is 6.07 Å². The topological polar surface area (TPSA) is 66.5 Å². The molecule has 2 aliphatic rings. The molecule has 4 rings (SSSR count). The minimum atomic E-state index is -3.80. The van der Waals surface area contributed by atoms with E-state index in [1.165, 1.54) is 16.4 Å². The Balaban J connectivity index is 1.41. The molecule has 1 saturated heterocycles. The van der Waals surface area contributed by atoms with E-state index in [1.807, 2.05) is 30.3 Å². The Morgan fingerprint density at radius 3 is 2.10 bits per heavy atom. The normalized spacial score (nSPS) is 19.4. The van der Waals surface area contributed by atoms with E-state index >= 15 is 0 Å². The number of nitrogens with zero attached hydrogens (tertiary/aromatic N) is 1. The van der Waals surface area contributed by atoms with Crippen LogP contribution >= 0.6 is 23.2 Å². The minimum Gasteiger partial charge on any atom is -0.349 e. The number of piperidine rings is 1. The maximum atomic E-state index is 13.0. The molecule has 30 heavy (non-hydrogen) atoms. The molecule has 1 aliphatic carbocycles. The van der Waals surface area contributed by atoms with Crippen LogP contribution in [0.4, 0.5) is 0 Å². The summed E-state index contributed by atoms with van der Waals surface area (Å²) in [5.41, 5.74) is 1.13. The van der Waals surface area contributed by atoms with Crippen LogP contribution in [0.2, 0.25) is 10.0 Å². The fourth-order valence-corrected chi connectivity index (χ4v) is 6.61. The molecule has 1 amide bonds. The molecule has 1 unspecified atom stereocenters. The van der Waals surface area contributed by atoms with Crippen LogP contribution in [0.1, 0.15) is 37.3 Å². The molecule has 1 atom stereocenters. The molecule has 0 bridgehead atoms. The van der Waals surface area contributed by atoms with Gasteiger partial charge < -0.3 is 5.32 Å². The highest BCUT2D eigenvalue weighted by atomic mass is 35.5. The van der Waals surface area contributed by atoms with Gasteiger partial charge >= 0.3 is 0 Å². The Labute approximate surface area is 187 Å². The molecular weight excluding hydrogens is 443 g/mol. The third kappa shape index (κ3) is 4.52. The molecule has 0 spiro atoms. The SMILES string of the molecule is O=C(NC(c1ccccc1)C1CC1)C1CCN(S(=O)(=O)c2c(Cl)cccc2Cl)CC1. The predicted molar refractivity (Wildman–Crippen MR) is 118 cm³/mol. The summed E-state index contributed by atoms with van der Waals surface area (Å²) in [6, 6.07) is 14.7. The van der Waals surface area contributed by atoms with Gasteiger partial charge in [-0.1, -0.05) is 59.6 Å². The Hall–Kier alpha value is -1.60. The Kier molecular flexibility index (Phi) is 6.39. The Morgan fingerprint density at radius 1 is 0.933 bits per heavy atom. The fraction of sp³-hybridized carbons (Fsp3) is 0.409. The molecule has 1 aliphatic heterocycles. The van der Waals surface area contributed by atoms with Crippen LogP contribution in [0.15, 0.2) is 53.4 Å². The number of carbonyl (C=O) groups excluding carboxylic acids is 1. The first-order valence-electron chi connectivity index (χ1n) is 10.2. The average Bonchev–Trinajstić information content (AvgIpc) is 3.57. The predicted octanol–water partition coefficient (Wildman–Crippen LogP) is 4.66. The molecule has 2 fully saturated rings. The second kappa shape index (κ2) is 8.87. The number of hydrogen-bond donors (Lipinski definition) is 1. The number of halogens is 2. The lowest BCUT2D eigenvalue weighted by atomic mass is 9.95. The van der Waals surface area contributed by atoms with E-state index in [2.05, 4.69) is 5.32 Å². The lowest BCUT2D eigenvalue weighted by molar-refractivity contribution is -0.127. The second-order valence-corrected chi connectivity index (χ2v) is 10.7. The summed E-state index contributed by atoms with van der Waals surface area (Å²) in [6.07, 6.45) is 3.18. The van der Waals surface area contributed by atoms with Gasteiger partial charge in [0.05, 0.1) is 16.1 Å². The van der Waals surface area contributed by atoms with Crippen molar-refractivity contribution >= 4 is 39.1 Å². The van der Waals surface area contributed by atoms with Gasteiger partial charge in [-0.05, 0) is 49.3 Å². The fourth-order valence-electron chi connectivity index (χ4n) is 4.05. The minimum absolute atomic E-state index is 0.00331.